The number of ether oxygens (including phenoxy) is 4. The number of halogens is 8. The first-order chi connectivity index (χ1) is 26.3. The van der Waals surface area contributed by atoms with E-state index < -0.39 is 46.9 Å². The molecule has 0 bridgehead atoms. The van der Waals surface area contributed by atoms with Gasteiger partial charge in [-0.15, -0.1) is 0 Å². The molecule has 0 heterocycles. The minimum absolute atomic E-state index is 0.111. The maximum atomic E-state index is 12.7. The van der Waals surface area contributed by atoms with Crippen molar-refractivity contribution in [3.63, 3.8) is 0 Å². The van der Waals surface area contributed by atoms with Gasteiger partial charge in [0.05, 0.1) is 21.2 Å². The molecule has 57 heavy (non-hydrogen) atoms. The zero-order chi connectivity index (χ0) is 42.8. The number of alkyl halides is 6. The molecule has 0 aliphatic rings. The molecule has 0 unspecified atom stereocenters. The van der Waals surface area contributed by atoms with Crippen LogP contribution in [0.4, 0.5) is 35.9 Å². The third-order valence-corrected chi connectivity index (χ3v) is 7.84. The SMILES string of the molecule is CC(C)(C)OC(=O)NCc1cccc(COc2ccc(C(F)(F)F)cc2Cl)c1.CN(Cc1cccc(COc2ccc(C(F)(F)F)cc2Cl)c1)C(=O)OC(C)(C)C. The van der Waals surface area contributed by atoms with Crippen LogP contribution in [0.15, 0.2) is 84.9 Å². The van der Waals surface area contributed by atoms with Crippen LogP contribution in [0.2, 0.25) is 10.0 Å². The van der Waals surface area contributed by atoms with E-state index in [0.29, 0.717) is 6.54 Å². The van der Waals surface area contributed by atoms with Crippen molar-refractivity contribution in [2.24, 2.45) is 0 Å². The second kappa shape index (κ2) is 19.6. The predicted octanol–water partition coefficient (Wildman–Crippen LogP) is 12.3. The van der Waals surface area contributed by atoms with E-state index in [2.05, 4.69) is 5.32 Å². The summed E-state index contributed by atoms with van der Waals surface area (Å²) in [5, 5.41) is 2.43. The van der Waals surface area contributed by atoms with Crippen LogP contribution in [0, 0.1) is 0 Å². The van der Waals surface area contributed by atoms with Crippen LogP contribution < -0.4 is 14.8 Å². The molecule has 8 nitrogen and oxygen atoms in total. The highest BCUT2D eigenvalue weighted by Crippen LogP contribution is 2.36. The van der Waals surface area contributed by atoms with Crippen molar-refractivity contribution < 1.29 is 54.9 Å². The lowest BCUT2D eigenvalue weighted by molar-refractivity contribution is -0.138. The van der Waals surface area contributed by atoms with E-state index in [0.717, 1.165) is 46.5 Å². The average Bonchev–Trinajstić information content (AvgIpc) is 3.08. The Morgan fingerprint density at radius 1 is 0.614 bits per heavy atom. The van der Waals surface area contributed by atoms with Gasteiger partial charge in [-0.3, -0.25) is 0 Å². The highest BCUT2D eigenvalue weighted by molar-refractivity contribution is 6.32. The number of carbonyl (C=O) groups excluding carboxylic acids is 2. The van der Waals surface area contributed by atoms with Crippen LogP contribution in [0.3, 0.4) is 0 Å². The molecular weight excluding hydrogens is 801 g/mol. The highest BCUT2D eigenvalue weighted by Gasteiger charge is 2.32. The number of nitrogens with one attached hydrogen (secondary N) is 1. The Morgan fingerprint density at radius 2 is 1.04 bits per heavy atom. The summed E-state index contributed by atoms with van der Waals surface area (Å²) in [5.74, 6) is 0.322. The van der Waals surface area contributed by atoms with Crippen molar-refractivity contribution in [2.45, 2.75) is 91.4 Å². The fourth-order valence-electron chi connectivity index (χ4n) is 4.72. The van der Waals surface area contributed by atoms with E-state index in [1.54, 1.807) is 60.7 Å². The van der Waals surface area contributed by atoms with Crippen molar-refractivity contribution >= 4 is 35.4 Å². The molecule has 16 heteroatoms. The van der Waals surface area contributed by atoms with Crippen LogP contribution in [0.1, 0.15) is 74.9 Å². The van der Waals surface area contributed by atoms with Crippen molar-refractivity contribution in [1.82, 2.24) is 10.2 Å². The molecule has 0 fully saturated rings. The van der Waals surface area contributed by atoms with Gasteiger partial charge in [-0.05, 0) is 100 Å². The first-order valence-corrected chi connectivity index (χ1v) is 18.1. The van der Waals surface area contributed by atoms with Crippen molar-refractivity contribution in [1.29, 1.82) is 0 Å². The van der Waals surface area contributed by atoms with Crippen molar-refractivity contribution in [2.75, 3.05) is 7.05 Å². The Bertz CT molecular complexity index is 1980. The molecule has 0 saturated heterocycles. The Morgan fingerprint density at radius 3 is 1.46 bits per heavy atom. The normalized spacial score (nSPS) is 11.8. The molecule has 0 radical (unpaired) electrons. The molecule has 0 aliphatic heterocycles. The molecule has 310 valence electrons. The number of rotatable bonds is 10. The Labute approximate surface area is 337 Å². The summed E-state index contributed by atoms with van der Waals surface area (Å²) in [6, 6.07) is 20.5. The third kappa shape index (κ3) is 16.7. The molecule has 0 atom stereocenters. The fraction of sp³-hybridized carbons (Fsp3) is 0.366. The van der Waals surface area contributed by atoms with E-state index in [-0.39, 0.29) is 41.3 Å². The van der Waals surface area contributed by atoms with Gasteiger partial charge in [0.25, 0.3) is 0 Å². The largest absolute Gasteiger partial charge is 0.487 e. The van der Waals surface area contributed by atoms with Gasteiger partial charge in [-0.2, -0.15) is 26.3 Å². The Hall–Kier alpha value is -4.82. The number of hydrogen-bond acceptors (Lipinski definition) is 6. The summed E-state index contributed by atoms with van der Waals surface area (Å²) in [7, 11) is 1.64. The lowest BCUT2D eigenvalue weighted by Crippen LogP contribution is -2.33. The monoisotopic (exact) mass is 844 g/mol. The number of hydrogen-bond donors (Lipinski definition) is 1. The molecule has 0 aromatic heterocycles. The molecular formula is C41H44Cl2F6N2O6. The summed E-state index contributed by atoms with van der Waals surface area (Å²) in [4.78, 5) is 25.2. The van der Waals surface area contributed by atoms with E-state index >= 15 is 0 Å². The minimum atomic E-state index is -4.46. The summed E-state index contributed by atoms with van der Waals surface area (Å²) in [5.41, 5.74) is 0.420. The van der Waals surface area contributed by atoms with Gasteiger partial charge in [0, 0.05) is 20.1 Å². The average molecular weight is 846 g/mol. The zero-order valence-electron chi connectivity index (χ0n) is 32.3. The van der Waals surface area contributed by atoms with E-state index in [1.165, 1.54) is 17.0 Å². The molecule has 0 aliphatic carbocycles. The maximum Gasteiger partial charge on any atom is 0.416 e. The molecule has 0 saturated carbocycles. The van der Waals surface area contributed by atoms with Gasteiger partial charge < -0.3 is 29.2 Å². The molecule has 0 spiro atoms. The van der Waals surface area contributed by atoms with E-state index in [4.69, 9.17) is 42.1 Å². The van der Waals surface area contributed by atoms with Crippen molar-refractivity contribution in [3.05, 3.63) is 128 Å². The molecule has 4 rings (SSSR count). The number of benzene rings is 4. The van der Waals surface area contributed by atoms with E-state index in [1.807, 2.05) is 36.4 Å². The summed E-state index contributed by atoms with van der Waals surface area (Å²) in [6.45, 7) is 11.5. The maximum absolute atomic E-state index is 12.7. The van der Waals surface area contributed by atoms with Gasteiger partial charge in [-0.1, -0.05) is 71.7 Å². The third-order valence-electron chi connectivity index (χ3n) is 7.25. The second-order valence-electron chi connectivity index (χ2n) is 14.7. The van der Waals surface area contributed by atoms with Crippen LogP contribution in [-0.4, -0.2) is 35.3 Å². The summed E-state index contributed by atoms with van der Waals surface area (Å²) >= 11 is 11.8. The lowest BCUT2D eigenvalue weighted by Gasteiger charge is -2.24. The highest BCUT2D eigenvalue weighted by atomic mass is 35.5. The van der Waals surface area contributed by atoms with Crippen molar-refractivity contribution in [3.8, 4) is 11.5 Å². The number of carbonyl (C=O) groups is 2. The second-order valence-corrected chi connectivity index (χ2v) is 15.5. The van der Waals surface area contributed by atoms with Crippen LogP contribution in [0.25, 0.3) is 0 Å². The molecule has 4 aromatic rings. The van der Waals surface area contributed by atoms with Crippen LogP contribution >= 0.6 is 23.2 Å². The van der Waals surface area contributed by atoms with Gasteiger partial charge in [0.1, 0.15) is 35.9 Å². The van der Waals surface area contributed by atoms with Gasteiger partial charge in [0.15, 0.2) is 0 Å². The summed E-state index contributed by atoms with van der Waals surface area (Å²) < 4.78 is 97.7. The lowest BCUT2D eigenvalue weighted by atomic mass is 10.1. The topological polar surface area (TPSA) is 86.3 Å². The zero-order valence-corrected chi connectivity index (χ0v) is 33.8. The Kier molecular flexibility index (Phi) is 16.0. The van der Waals surface area contributed by atoms with Gasteiger partial charge in [-0.25, -0.2) is 9.59 Å². The molecule has 1 N–H and O–H groups in total. The number of alkyl carbamates (subject to hydrolysis) is 1. The Balaban J connectivity index is 0.000000306. The quantitative estimate of drug-likeness (QED) is 0.160. The standard InChI is InChI=1S/C21H23ClF3NO3.C20H21ClF3NO3/c1-20(2,3)29-19(27)26(4)12-14-6-5-7-15(10-14)13-28-18-9-8-16(11-17(18)22)21(23,24)25;1-19(2,3)28-18(26)25-11-13-5-4-6-14(9-13)12-27-17-8-7-15(10-16(17)21)20(22,23)24/h5-11H,12-13H2,1-4H3;4-10H,11-12H2,1-3H3,(H,25,26). The predicted molar refractivity (Wildman–Crippen MR) is 205 cm³/mol. The minimum Gasteiger partial charge on any atom is -0.487 e. The number of nitrogens with zero attached hydrogens (tertiary/aromatic N) is 1. The van der Waals surface area contributed by atoms with Gasteiger partial charge >= 0.3 is 24.5 Å². The number of amides is 2. The first kappa shape index (κ1) is 46.6. The molecule has 4 aromatic carbocycles. The van der Waals surface area contributed by atoms with Crippen LogP contribution in [-0.2, 0) is 48.1 Å². The molecule has 2 amide bonds. The fourth-order valence-corrected chi connectivity index (χ4v) is 5.19. The smallest absolute Gasteiger partial charge is 0.416 e. The van der Waals surface area contributed by atoms with Gasteiger partial charge in [0.2, 0.25) is 0 Å². The van der Waals surface area contributed by atoms with E-state index in [9.17, 15) is 35.9 Å². The summed E-state index contributed by atoms with van der Waals surface area (Å²) in [6.07, 6.45) is -9.88. The van der Waals surface area contributed by atoms with Crippen LogP contribution in [0.5, 0.6) is 11.5 Å². The first-order valence-electron chi connectivity index (χ1n) is 17.3.